The zero-order valence-electron chi connectivity index (χ0n) is 19.9. The Morgan fingerprint density at radius 1 is 1.18 bits per heavy atom. The highest BCUT2D eigenvalue weighted by Gasteiger charge is 2.33. The van der Waals surface area contributed by atoms with E-state index in [1.54, 1.807) is 19.2 Å². The number of nitriles is 1. The van der Waals surface area contributed by atoms with Gasteiger partial charge in [-0.3, -0.25) is 4.79 Å². The molecular formula is C26H30N4O4. The van der Waals surface area contributed by atoms with Crippen molar-refractivity contribution in [1.29, 1.82) is 5.26 Å². The number of anilines is 1. The van der Waals surface area contributed by atoms with Gasteiger partial charge in [0.25, 0.3) is 0 Å². The van der Waals surface area contributed by atoms with Gasteiger partial charge in [-0.1, -0.05) is 12.1 Å². The van der Waals surface area contributed by atoms with Crippen LogP contribution in [0.15, 0.2) is 30.3 Å². The van der Waals surface area contributed by atoms with Crippen LogP contribution in [0.2, 0.25) is 0 Å². The highest BCUT2D eigenvalue weighted by atomic mass is 16.5. The molecule has 8 heteroatoms. The molecule has 2 heterocycles. The number of pyridine rings is 1. The summed E-state index contributed by atoms with van der Waals surface area (Å²) in [6.07, 6.45) is 2.52. The van der Waals surface area contributed by atoms with E-state index in [9.17, 15) is 14.9 Å². The normalized spacial score (nSPS) is 17.9. The van der Waals surface area contributed by atoms with Crippen molar-refractivity contribution in [1.82, 2.24) is 9.88 Å². The molecule has 8 nitrogen and oxygen atoms in total. The lowest BCUT2D eigenvalue weighted by molar-refractivity contribution is -0.134. The first-order valence-electron chi connectivity index (χ1n) is 11.6. The third kappa shape index (κ3) is 4.90. The van der Waals surface area contributed by atoms with Crippen molar-refractivity contribution in [3.05, 3.63) is 47.2 Å². The third-order valence-corrected chi connectivity index (χ3v) is 6.50. The van der Waals surface area contributed by atoms with E-state index < -0.39 is 0 Å². The summed E-state index contributed by atoms with van der Waals surface area (Å²) in [5, 5.41) is 9.96. The van der Waals surface area contributed by atoms with E-state index >= 15 is 0 Å². The predicted molar refractivity (Wildman–Crippen MR) is 128 cm³/mol. The smallest absolute Gasteiger partial charge is 0.337 e. The van der Waals surface area contributed by atoms with Gasteiger partial charge in [0, 0.05) is 44.3 Å². The number of hydrogen-bond donors (Lipinski definition) is 0. The van der Waals surface area contributed by atoms with Crippen LogP contribution in [-0.2, 0) is 14.3 Å². The highest BCUT2D eigenvalue weighted by Crippen LogP contribution is 2.45. The summed E-state index contributed by atoms with van der Waals surface area (Å²) in [5.41, 5.74) is 3.85. The molecule has 1 aliphatic carbocycles. The maximum atomic E-state index is 12.5. The lowest BCUT2D eigenvalue weighted by Gasteiger charge is -2.41. The minimum absolute atomic E-state index is 0.0152. The summed E-state index contributed by atoms with van der Waals surface area (Å²) < 4.78 is 9.84. The van der Waals surface area contributed by atoms with Crippen LogP contribution in [0.5, 0.6) is 0 Å². The van der Waals surface area contributed by atoms with Crippen LogP contribution in [0, 0.1) is 11.3 Å². The van der Waals surface area contributed by atoms with Gasteiger partial charge in [-0.2, -0.15) is 5.26 Å². The average Bonchev–Trinajstić information content (AvgIpc) is 3.71. The van der Waals surface area contributed by atoms with Crippen LogP contribution in [0.1, 0.15) is 53.7 Å². The molecule has 1 aromatic carbocycles. The lowest BCUT2D eigenvalue weighted by Crippen LogP contribution is -2.54. The Bertz CT molecular complexity index is 1110. The zero-order valence-corrected chi connectivity index (χ0v) is 19.9. The molecule has 0 radical (unpaired) electrons. The highest BCUT2D eigenvalue weighted by molar-refractivity contribution is 5.90. The Morgan fingerprint density at radius 2 is 1.91 bits per heavy atom. The van der Waals surface area contributed by atoms with Gasteiger partial charge < -0.3 is 19.3 Å². The van der Waals surface area contributed by atoms with Crippen molar-refractivity contribution < 1.29 is 19.1 Å². The molecule has 2 aliphatic rings. The Morgan fingerprint density at radius 3 is 2.50 bits per heavy atom. The van der Waals surface area contributed by atoms with E-state index in [-0.39, 0.29) is 17.9 Å². The molecule has 1 aliphatic heterocycles. The molecule has 0 unspecified atom stereocenters. The number of piperazine rings is 1. The molecule has 34 heavy (non-hydrogen) atoms. The minimum Gasteiger partial charge on any atom is -0.465 e. The quantitative estimate of drug-likeness (QED) is 0.582. The molecular weight excluding hydrogens is 432 g/mol. The first-order valence-corrected chi connectivity index (χ1v) is 11.6. The number of benzene rings is 1. The predicted octanol–water partition coefficient (Wildman–Crippen LogP) is 3.36. The van der Waals surface area contributed by atoms with Crippen molar-refractivity contribution in [2.24, 2.45) is 0 Å². The minimum atomic E-state index is -0.380. The van der Waals surface area contributed by atoms with E-state index in [4.69, 9.17) is 14.5 Å². The number of amides is 1. The Labute approximate surface area is 200 Å². The van der Waals surface area contributed by atoms with E-state index in [0.29, 0.717) is 55.5 Å². The summed E-state index contributed by atoms with van der Waals surface area (Å²) in [5.74, 6) is 0.771. The van der Waals surface area contributed by atoms with Gasteiger partial charge >= 0.3 is 5.97 Å². The maximum Gasteiger partial charge on any atom is 0.337 e. The number of esters is 1. The second-order valence-corrected chi connectivity index (χ2v) is 8.87. The molecule has 0 N–H and O–H groups in total. The van der Waals surface area contributed by atoms with E-state index in [1.165, 1.54) is 7.11 Å². The maximum absolute atomic E-state index is 12.5. The number of ether oxygens (including phenoxy) is 2. The van der Waals surface area contributed by atoms with Gasteiger partial charge in [0.15, 0.2) is 0 Å². The first kappa shape index (κ1) is 23.7. The number of hydrogen-bond acceptors (Lipinski definition) is 7. The number of aromatic nitrogens is 1. The SMILES string of the molecule is COCCC(=O)N1CCN(c2nc(C3CC3)c(-c3ccc(C(=O)OC)cc3)cc2C#N)C[C@H]1C. The molecule has 2 fully saturated rings. The molecule has 1 saturated heterocycles. The van der Waals surface area contributed by atoms with Crippen molar-refractivity contribution in [3.63, 3.8) is 0 Å². The zero-order chi connectivity index (χ0) is 24.2. The van der Waals surface area contributed by atoms with Gasteiger partial charge in [0.1, 0.15) is 11.9 Å². The van der Waals surface area contributed by atoms with Gasteiger partial charge in [0.05, 0.1) is 37.0 Å². The number of rotatable bonds is 7. The fraction of sp³-hybridized carbons (Fsp3) is 0.462. The van der Waals surface area contributed by atoms with Crippen molar-refractivity contribution in [2.75, 3.05) is 45.4 Å². The van der Waals surface area contributed by atoms with Crippen molar-refractivity contribution in [2.45, 2.75) is 38.1 Å². The summed E-state index contributed by atoms with van der Waals surface area (Å²) in [6, 6.07) is 11.5. The largest absolute Gasteiger partial charge is 0.465 e. The summed E-state index contributed by atoms with van der Waals surface area (Å²) in [6.45, 7) is 4.28. The number of nitrogens with zero attached hydrogens (tertiary/aromatic N) is 4. The van der Waals surface area contributed by atoms with Crippen LogP contribution in [-0.4, -0.2) is 68.3 Å². The Balaban J connectivity index is 1.62. The van der Waals surface area contributed by atoms with E-state index in [1.807, 2.05) is 30.0 Å². The topological polar surface area (TPSA) is 95.8 Å². The molecule has 2 aromatic rings. The van der Waals surface area contributed by atoms with Crippen LogP contribution >= 0.6 is 0 Å². The summed E-state index contributed by atoms with van der Waals surface area (Å²) in [4.78, 5) is 33.3. The third-order valence-electron chi connectivity index (χ3n) is 6.50. The number of carbonyl (C=O) groups is 2. The van der Waals surface area contributed by atoms with E-state index in [2.05, 4.69) is 11.0 Å². The standard InChI is InChI=1S/C26H30N4O4/c1-17-16-29(11-12-30(17)23(31)10-13-33-2)25-21(15-27)14-22(24(28-25)19-6-7-19)18-4-8-20(9-5-18)26(32)34-3/h4-5,8-9,14,17,19H,6-7,10-13,16H2,1-3H3/t17-/m1/s1. The second-order valence-electron chi connectivity index (χ2n) is 8.87. The number of methoxy groups -OCH3 is 2. The van der Waals surface area contributed by atoms with Crippen LogP contribution in [0.25, 0.3) is 11.1 Å². The molecule has 4 rings (SSSR count). The van der Waals surface area contributed by atoms with Crippen molar-refractivity contribution >= 4 is 17.7 Å². The summed E-state index contributed by atoms with van der Waals surface area (Å²) in [7, 11) is 2.96. The fourth-order valence-corrected chi connectivity index (χ4v) is 4.50. The van der Waals surface area contributed by atoms with Gasteiger partial charge in [-0.25, -0.2) is 9.78 Å². The molecule has 178 valence electrons. The molecule has 1 saturated carbocycles. The van der Waals surface area contributed by atoms with Gasteiger partial charge in [0.2, 0.25) is 5.91 Å². The number of carbonyl (C=O) groups excluding carboxylic acids is 2. The summed E-state index contributed by atoms with van der Waals surface area (Å²) >= 11 is 0. The Kier molecular flexibility index (Phi) is 7.13. The molecule has 1 aromatic heterocycles. The lowest BCUT2D eigenvalue weighted by atomic mass is 9.98. The fourth-order valence-electron chi connectivity index (χ4n) is 4.50. The molecule has 1 amide bonds. The average molecular weight is 463 g/mol. The molecule has 0 bridgehead atoms. The van der Waals surface area contributed by atoms with Gasteiger partial charge in [-0.15, -0.1) is 0 Å². The molecule has 1 atom stereocenters. The van der Waals surface area contributed by atoms with Crippen molar-refractivity contribution in [3.8, 4) is 17.2 Å². The Hall–Kier alpha value is -3.44. The monoisotopic (exact) mass is 462 g/mol. The van der Waals surface area contributed by atoms with E-state index in [0.717, 1.165) is 29.7 Å². The van der Waals surface area contributed by atoms with Crippen LogP contribution in [0.3, 0.4) is 0 Å². The molecule has 0 spiro atoms. The second kappa shape index (κ2) is 10.2. The van der Waals surface area contributed by atoms with Crippen LogP contribution in [0.4, 0.5) is 5.82 Å². The first-order chi connectivity index (χ1) is 16.5. The van der Waals surface area contributed by atoms with Crippen LogP contribution < -0.4 is 4.90 Å². The van der Waals surface area contributed by atoms with Gasteiger partial charge in [-0.05, 0) is 43.5 Å².